The second kappa shape index (κ2) is 16.3. The van der Waals surface area contributed by atoms with Gasteiger partial charge in [0.25, 0.3) is 0 Å². The van der Waals surface area contributed by atoms with E-state index in [0.29, 0.717) is 34.9 Å². The Bertz CT molecular complexity index is 2940. The Morgan fingerprint density at radius 3 is 1.00 bits per heavy atom. The fourth-order valence-electron chi connectivity index (χ4n) is 7.32. The van der Waals surface area contributed by atoms with Gasteiger partial charge in [0.05, 0.1) is 0 Å². The van der Waals surface area contributed by atoms with Gasteiger partial charge in [0.1, 0.15) is 0 Å². The van der Waals surface area contributed by atoms with Crippen LogP contribution in [0.5, 0.6) is 0 Å². The van der Waals surface area contributed by atoms with Crippen LogP contribution in [0.3, 0.4) is 0 Å². The number of benzene rings is 7. The maximum atomic E-state index is 5.12. The first-order valence-corrected chi connectivity index (χ1v) is 19.7. The molecule has 3 aromatic heterocycles. The third-order valence-corrected chi connectivity index (χ3v) is 10.3. The van der Waals surface area contributed by atoms with Gasteiger partial charge >= 0.3 is 0 Å². The van der Waals surface area contributed by atoms with Crippen molar-refractivity contribution in [1.29, 1.82) is 0 Å². The van der Waals surface area contributed by atoms with E-state index in [1.54, 1.807) is 0 Å². The Hall–Kier alpha value is -8.29. The first kappa shape index (κ1) is 36.1. The molecule has 0 bridgehead atoms. The summed E-state index contributed by atoms with van der Waals surface area (Å²) < 4.78 is 0. The molecule has 7 heteroatoms. The lowest BCUT2D eigenvalue weighted by atomic mass is 9.88. The molecule has 0 unspecified atom stereocenters. The van der Waals surface area contributed by atoms with Crippen molar-refractivity contribution in [3.8, 4) is 102 Å². The molecule has 7 aromatic carbocycles. The van der Waals surface area contributed by atoms with E-state index in [9.17, 15) is 0 Å². The van der Waals surface area contributed by atoms with Gasteiger partial charge in [-0.15, -0.1) is 0 Å². The molecular formula is C53H35N7. The molecule has 60 heavy (non-hydrogen) atoms. The molecule has 10 rings (SSSR count). The third kappa shape index (κ3) is 7.46. The van der Waals surface area contributed by atoms with Gasteiger partial charge in [-0.25, -0.2) is 29.9 Å². The van der Waals surface area contributed by atoms with Crippen molar-refractivity contribution in [2.75, 3.05) is 0 Å². The molecule has 0 radical (unpaired) electrons. The maximum absolute atomic E-state index is 5.12. The van der Waals surface area contributed by atoms with Crippen LogP contribution in [-0.2, 0) is 0 Å². The minimum absolute atomic E-state index is 0.590. The molecule has 0 saturated carbocycles. The predicted molar refractivity (Wildman–Crippen MR) is 240 cm³/mol. The number of pyridine rings is 1. The van der Waals surface area contributed by atoms with Gasteiger partial charge in [-0.3, -0.25) is 4.98 Å². The van der Waals surface area contributed by atoms with E-state index in [0.717, 1.165) is 66.8 Å². The second-order valence-electron chi connectivity index (χ2n) is 14.2. The maximum Gasteiger partial charge on any atom is 0.164 e. The van der Waals surface area contributed by atoms with Gasteiger partial charge in [0, 0.05) is 45.8 Å². The third-order valence-electron chi connectivity index (χ3n) is 10.3. The Labute approximate surface area is 347 Å². The molecule has 0 atom stereocenters. The zero-order chi connectivity index (χ0) is 40.1. The molecule has 282 valence electrons. The largest absolute Gasteiger partial charge is 0.265 e. The van der Waals surface area contributed by atoms with Gasteiger partial charge in [0.15, 0.2) is 34.9 Å². The Morgan fingerprint density at radius 1 is 0.200 bits per heavy atom. The summed E-state index contributed by atoms with van der Waals surface area (Å²) in [5, 5.41) is 0. The molecule has 0 saturated heterocycles. The highest BCUT2D eigenvalue weighted by atomic mass is 15.0. The van der Waals surface area contributed by atoms with Crippen LogP contribution >= 0.6 is 0 Å². The van der Waals surface area contributed by atoms with Gasteiger partial charge in [-0.1, -0.05) is 182 Å². The highest BCUT2D eigenvalue weighted by Crippen LogP contribution is 2.41. The summed E-state index contributed by atoms with van der Waals surface area (Å²) in [4.78, 5) is 34.3. The van der Waals surface area contributed by atoms with Crippen molar-refractivity contribution >= 4 is 0 Å². The first-order valence-electron chi connectivity index (χ1n) is 19.7. The van der Waals surface area contributed by atoms with Crippen LogP contribution in [0.15, 0.2) is 213 Å². The van der Waals surface area contributed by atoms with Crippen LogP contribution in [0.2, 0.25) is 0 Å². The van der Waals surface area contributed by atoms with Gasteiger partial charge in [-0.2, -0.15) is 0 Å². The van der Waals surface area contributed by atoms with Crippen molar-refractivity contribution in [1.82, 2.24) is 34.9 Å². The molecule has 0 fully saturated rings. The van der Waals surface area contributed by atoms with Crippen LogP contribution in [0.25, 0.3) is 102 Å². The van der Waals surface area contributed by atoms with Crippen molar-refractivity contribution in [3.63, 3.8) is 0 Å². The molecule has 0 amide bonds. The predicted octanol–water partition coefficient (Wildman–Crippen LogP) is 12.5. The smallest absolute Gasteiger partial charge is 0.164 e. The fourth-order valence-corrected chi connectivity index (χ4v) is 7.32. The van der Waals surface area contributed by atoms with E-state index < -0.39 is 0 Å². The fraction of sp³-hybridized carbons (Fsp3) is 0. The normalized spacial score (nSPS) is 11.0. The summed E-state index contributed by atoms with van der Waals surface area (Å²) in [6, 6.07) is 67.7. The average molecular weight is 770 g/mol. The van der Waals surface area contributed by atoms with Crippen molar-refractivity contribution < 1.29 is 0 Å². The minimum Gasteiger partial charge on any atom is -0.265 e. The lowest BCUT2D eigenvalue weighted by Gasteiger charge is -2.17. The van der Waals surface area contributed by atoms with Gasteiger partial charge in [0.2, 0.25) is 0 Å². The molecule has 0 aliphatic carbocycles. The Morgan fingerprint density at radius 2 is 0.550 bits per heavy atom. The molecule has 0 spiro atoms. The molecule has 0 aliphatic heterocycles. The molecule has 10 aromatic rings. The molecular weight excluding hydrogens is 735 g/mol. The molecule has 3 heterocycles. The van der Waals surface area contributed by atoms with E-state index in [4.69, 9.17) is 29.9 Å². The van der Waals surface area contributed by atoms with E-state index in [1.165, 1.54) is 0 Å². The number of rotatable bonds is 9. The average Bonchev–Trinajstić information content (AvgIpc) is 3.35. The molecule has 7 nitrogen and oxygen atoms in total. The zero-order valence-corrected chi connectivity index (χ0v) is 32.3. The second-order valence-corrected chi connectivity index (χ2v) is 14.2. The van der Waals surface area contributed by atoms with E-state index in [2.05, 4.69) is 65.6 Å². The van der Waals surface area contributed by atoms with Crippen molar-refractivity contribution in [3.05, 3.63) is 213 Å². The highest BCUT2D eigenvalue weighted by Gasteiger charge is 2.19. The highest BCUT2D eigenvalue weighted by molar-refractivity contribution is 5.93. The summed E-state index contributed by atoms with van der Waals surface area (Å²) >= 11 is 0. The monoisotopic (exact) mass is 769 g/mol. The first-order chi connectivity index (χ1) is 29.7. The number of aromatic nitrogens is 7. The minimum atomic E-state index is 0.590. The van der Waals surface area contributed by atoms with Crippen LogP contribution in [0, 0.1) is 0 Å². The van der Waals surface area contributed by atoms with Gasteiger partial charge < -0.3 is 0 Å². The lowest BCUT2D eigenvalue weighted by Crippen LogP contribution is -2.01. The van der Waals surface area contributed by atoms with Crippen LogP contribution < -0.4 is 0 Å². The van der Waals surface area contributed by atoms with Crippen LogP contribution in [-0.4, -0.2) is 34.9 Å². The van der Waals surface area contributed by atoms with E-state index in [1.807, 2.05) is 152 Å². The molecule has 0 N–H and O–H groups in total. The van der Waals surface area contributed by atoms with Crippen LogP contribution in [0.4, 0.5) is 0 Å². The topological polar surface area (TPSA) is 90.2 Å². The van der Waals surface area contributed by atoms with E-state index >= 15 is 0 Å². The van der Waals surface area contributed by atoms with Crippen molar-refractivity contribution in [2.45, 2.75) is 0 Å². The Balaban J connectivity index is 1.11. The number of hydrogen-bond acceptors (Lipinski definition) is 7. The summed E-state index contributed by atoms with van der Waals surface area (Å²) in [6.07, 6.45) is 3.65. The summed E-state index contributed by atoms with van der Waals surface area (Å²) in [5.74, 6) is 3.66. The standard InChI is InChI=1S/C53H35N7/c1-5-15-38(16-6-1)48-55-49(39-17-7-2-8-18-39)57-52(56-48)42-27-25-37(26-28-42)44-30-29-43(36-31-33-54-34-32-36)35-47(44)45-23-13-14-24-46(45)53-59-50(40-19-9-3-10-20-40)58-51(60-53)41-21-11-4-12-22-41/h1-35H. The quantitative estimate of drug-likeness (QED) is 0.144. The summed E-state index contributed by atoms with van der Waals surface area (Å²) in [6.45, 7) is 0. The van der Waals surface area contributed by atoms with Crippen molar-refractivity contribution in [2.24, 2.45) is 0 Å². The number of hydrogen-bond donors (Lipinski definition) is 0. The SMILES string of the molecule is c1ccc(-c2nc(-c3ccccc3)nc(-c3ccc(-c4ccc(-c5ccncc5)cc4-c4ccccc4-c4nc(-c5ccccc5)nc(-c5ccccc5)n4)cc3)n2)cc1. The summed E-state index contributed by atoms with van der Waals surface area (Å²) in [5.41, 5.74) is 11.7. The lowest BCUT2D eigenvalue weighted by molar-refractivity contribution is 1.07. The zero-order valence-electron chi connectivity index (χ0n) is 32.3. The Kier molecular flexibility index (Phi) is 9.79. The summed E-state index contributed by atoms with van der Waals surface area (Å²) in [7, 11) is 0. The number of nitrogens with zero attached hydrogens (tertiary/aromatic N) is 7. The van der Waals surface area contributed by atoms with Crippen LogP contribution in [0.1, 0.15) is 0 Å². The van der Waals surface area contributed by atoms with E-state index in [-0.39, 0.29) is 0 Å². The van der Waals surface area contributed by atoms with Gasteiger partial charge in [-0.05, 0) is 51.6 Å². The molecule has 0 aliphatic rings.